The second-order valence-electron chi connectivity index (χ2n) is 3.70. The van der Waals surface area contributed by atoms with Crippen molar-refractivity contribution in [2.24, 2.45) is 0 Å². The van der Waals surface area contributed by atoms with Gasteiger partial charge in [-0.15, -0.1) is 17.0 Å². The van der Waals surface area contributed by atoms with Gasteiger partial charge in [-0.25, -0.2) is 4.98 Å². The molecule has 0 saturated heterocycles. The van der Waals surface area contributed by atoms with Gasteiger partial charge >= 0.3 is 0 Å². The first kappa shape index (κ1) is 14.5. The molecule has 0 saturated carbocycles. The molecular weight excluding hydrogens is 346 g/mol. The molecule has 0 radical (unpaired) electrons. The van der Waals surface area contributed by atoms with E-state index in [0.29, 0.717) is 0 Å². The van der Waals surface area contributed by atoms with Crippen molar-refractivity contribution in [1.29, 1.82) is 0 Å². The lowest BCUT2D eigenvalue weighted by atomic mass is 10.1. The van der Waals surface area contributed by atoms with Gasteiger partial charge in [-0.2, -0.15) is 0 Å². The average Bonchev–Trinajstić information content (AvgIpc) is 2.29. The number of methoxy groups -OCH3 is 1. The van der Waals surface area contributed by atoms with Crippen LogP contribution in [-0.2, 0) is 6.42 Å². The Balaban J connectivity index is 0.00000144. The number of benzene rings is 1. The molecule has 2 rings (SSSR count). The third-order valence-corrected chi connectivity index (χ3v) is 3.19. The number of fused-ring (bicyclic) bond motifs is 1. The van der Waals surface area contributed by atoms with Crippen LogP contribution in [0.3, 0.4) is 0 Å². The molecule has 2 aromatic rings. The van der Waals surface area contributed by atoms with Crippen LogP contribution < -0.4 is 4.74 Å². The van der Waals surface area contributed by atoms with E-state index in [2.05, 4.69) is 33.9 Å². The minimum atomic E-state index is 0. The van der Waals surface area contributed by atoms with Gasteiger partial charge in [-0.1, -0.05) is 41.4 Å². The molecule has 0 unspecified atom stereocenters. The number of halogens is 2. The van der Waals surface area contributed by atoms with Crippen molar-refractivity contribution in [2.75, 3.05) is 7.11 Å². The second-order valence-corrected chi connectivity index (χ2v) is 4.56. The lowest BCUT2D eigenvalue weighted by molar-refractivity contribution is 0.419. The Hall–Kier alpha value is -0.610. The average molecular weight is 361 g/mol. The molecule has 1 heterocycles. The van der Waals surface area contributed by atoms with Crippen LogP contribution >= 0.6 is 32.9 Å². The highest BCUT2D eigenvalue weighted by Crippen LogP contribution is 2.30. The summed E-state index contributed by atoms with van der Waals surface area (Å²) >= 11 is 3.59. The summed E-state index contributed by atoms with van der Waals surface area (Å²) in [7, 11) is 1.68. The van der Waals surface area contributed by atoms with Crippen molar-refractivity contribution in [2.45, 2.75) is 19.8 Å². The standard InChI is InChI=1S/C13H14BrNO.BrH/c1-3-5-9-8-11(14)10-6-4-7-12(16-2)13(10)15-9;/h4,6-8H,3,5H2,1-2H3;1H. The minimum absolute atomic E-state index is 0. The third kappa shape index (κ3) is 2.99. The van der Waals surface area contributed by atoms with Crippen LogP contribution in [0.25, 0.3) is 10.9 Å². The lowest BCUT2D eigenvalue weighted by Gasteiger charge is -2.08. The van der Waals surface area contributed by atoms with Crippen LogP contribution in [0.15, 0.2) is 28.7 Å². The first-order valence-corrected chi connectivity index (χ1v) is 6.17. The Morgan fingerprint density at radius 1 is 1.35 bits per heavy atom. The van der Waals surface area contributed by atoms with E-state index in [0.717, 1.165) is 39.7 Å². The first-order valence-electron chi connectivity index (χ1n) is 5.38. The number of aryl methyl sites for hydroxylation is 1. The molecule has 1 aromatic heterocycles. The molecule has 2 nitrogen and oxygen atoms in total. The van der Waals surface area contributed by atoms with Gasteiger partial charge in [0.15, 0.2) is 0 Å². The van der Waals surface area contributed by atoms with E-state index in [9.17, 15) is 0 Å². The molecule has 0 aliphatic carbocycles. The molecule has 0 amide bonds. The molecule has 0 spiro atoms. The molecule has 0 atom stereocenters. The van der Waals surface area contributed by atoms with Gasteiger partial charge in [0.2, 0.25) is 0 Å². The van der Waals surface area contributed by atoms with Crippen molar-refractivity contribution in [3.8, 4) is 5.75 Å². The van der Waals surface area contributed by atoms with E-state index in [1.807, 2.05) is 18.2 Å². The zero-order chi connectivity index (χ0) is 11.5. The van der Waals surface area contributed by atoms with Crippen LogP contribution in [0.2, 0.25) is 0 Å². The summed E-state index contributed by atoms with van der Waals surface area (Å²) in [5.41, 5.74) is 2.04. The lowest BCUT2D eigenvalue weighted by Crippen LogP contribution is -1.93. The molecule has 0 N–H and O–H groups in total. The Labute approximate surface area is 120 Å². The van der Waals surface area contributed by atoms with E-state index >= 15 is 0 Å². The number of aromatic nitrogens is 1. The van der Waals surface area contributed by atoms with Gasteiger partial charge in [-0.05, 0) is 18.6 Å². The van der Waals surface area contributed by atoms with E-state index in [1.165, 1.54) is 0 Å². The Morgan fingerprint density at radius 2 is 2.12 bits per heavy atom. The number of hydrogen-bond donors (Lipinski definition) is 0. The highest BCUT2D eigenvalue weighted by atomic mass is 79.9. The highest BCUT2D eigenvalue weighted by molar-refractivity contribution is 9.10. The Morgan fingerprint density at radius 3 is 2.76 bits per heavy atom. The molecule has 4 heteroatoms. The predicted octanol–water partition coefficient (Wildman–Crippen LogP) is 4.54. The topological polar surface area (TPSA) is 22.1 Å². The van der Waals surface area contributed by atoms with Gasteiger partial charge in [0.25, 0.3) is 0 Å². The number of ether oxygens (including phenoxy) is 1. The maximum Gasteiger partial charge on any atom is 0.145 e. The zero-order valence-corrected chi connectivity index (χ0v) is 13.2. The van der Waals surface area contributed by atoms with Gasteiger partial charge in [0, 0.05) is 15.6 Å². The summed E-state index contributed by atoms with van der Waals surface area (Å²) in [5, 5.41) is 1.10. The molecule has 0 bridgehead atoms. The number of pyridine rings is 1. The number of hydrogen-bond acceptors (Lipinski definition) is 2. The van der Waals surface area contributed by atoms with Gasteiger partial charge in [0.1, 0.15) is 11.3 Å². The summed E-state index contributed by atoms with van der Waals surface area (Å²) in [6.45, 7) is 2.15. The van der Waals surface area contributed by atoms with Gasteiger partial charge in [-0.3, -0.25) is 0 Å². The van der Waals surface area contributed by atoms with Gasteiger partial charge < -0.3 is 4.74 Å². The van der Waals surface area contributed by atoms with Crippen molar-refractivity contribution < 1.29 is 4.74 Å². The fourth-order valence-electron chi connectivity index (χ4n) is 1.78. The molecule has 1 aromatic carbocycles. The smallest absolute Gasteiger partial charge is 0.145 e. The van der Waals surface area contributed by atoms with E-state index in [4.69, 9.17) is 4.74 Å². The molecule has 0 aliphatic heterocycles. The van der Waals surface area contributed by atoms with Gasteiger partial charge in [0.05, 0.1) is 7.11 Å². The summed E-state index contributed by atoms with van der Waals surface area (Å²) in [5.74, 6) is 0.830. The predicted molar refractivity (Wildman–Crippen MR) is 80.3 cm³/mol. The minimum Gasteiger partial charge on any atom is -0.494 e. The summed E-state index contributed by atoms with van der Waals surface area (Å²) in [4.78, 5) is 4.64. The Bertz CT molecular complexity index is 514. The molecule has 17 heavy (non-hydrogen) atoms. The number of rotatable bonds is 3. The quantitative estimate of drug-likeness (QED) is 0.801. The first-order chi connectivity index (χ1) is 7.76. The van der Waals surface area contributed by atoms with Crippen LogP contribution in [0.4, 0.5) is 0 Å². The van der Waals surface area contributed by atoms with Crippen molar-refractivity contribution in [3.05, 3.63) is 34.4 Å². The highest BCUT2D eigenvalue weighted by Gasteiger charge is 2.07. The van der Waals surface area contributed by atoms with E-state index < -0.39 is 0 Å². The fraction of sp³-hybridized carbons (Fsp3) is 0.308. The van der Waals surface area contributed by atoms with Crippen LogP contribution in [0.1, 0.15) is 19.0 Å². The monoisotopic (exact) mass is 359 g/mol. The van der Waals surface area contributed by atoms with Crippen LogP contribution in [-0.4, -0.2) is 12.1 Å². The largest absolute Gasteiger partial charge is 0.494 e. The summed E-state index contributed by atoms with van der Waals surface area (Å²) in [6, 6.07) is 8.06. The van der Waals surface area contributed by atoms with Crippen molar-refractivity contribution >= 4 is 43.8 Å². The third-order valence-electron chi connectivity index (χ3n) is 2.53. The SMILES string of the molecule is Br.CCCc1cc(Br)c2cccc(OC)c2n1. The molecule has 0 fully saturated rings. The number of nitrogens with zero attached hydrogens (tertiary/aromatic N) is 1. The van der Waals surface area contributed by atoms with Crippen LogP contribution in [0.5, 0.6) is 5.75 Å². The van der Waals surface area contributed by atoms with Crippen molar-refractivity contribution in [3.63, 3.8) is 0 Å². The maximum absolute atomic E-state index is 5.33. The fourth-order valence-corrected chi connectivity index (χ4v) is 2.36. The maximum atomic E-state index is 5.33. The van der Waals surface area contributed by atoms with E-state index in [-0.39, 0.29) is 17.0 Å². The summed E-state index contributed by atoms with van der Waals surface area (Å²) < 4.78 is 6.42. The second kappa shape index (κ2) is 6.36. The zero-order valence-electron chi connectivity index (χ0n) is 9.87. The Kier molecular flexibility index (Phi) is 5.40. The van der Waals surface area contributed by atoms with Crippen LogP contribution in [0, 0.1) is 0 Å². The normalized spacial score (nSPS) is 10.1. The number of para-hydroxylation sites is 1. The van der Waals surface area contributed by atoms with E-state index in [1.54, 1.807) is 7.11 Å². The van der Waals surface area contributed by atoms with Crippen molar-refractivity contribution in [1.82, 2.24) is 4.98 Å². The molecule has 0 aliphatic rings. The molecular formula is C13H15Br2NO. The summed E-state index contributed by atoms with van der Waals surface area (Å²) in [6.07, 6.45) is 2.09. The molecule has 92 valence electrons.